The lowest BCUT2D eigenvalue weighted by Gasteiger charge is -2.12. The topological polar surface area (TPSA) is 48.7 Å². The lowest BCUT2D eigenvalue weighted by atomic mass is 10.0. The molecule has 80 valence electrons. The molecule has 15 heavy (non-hydrogen) atoms. The van der Waals surface area contributed by atoms with Crippen molar-refractivity contribution < 1.29 is 0 Å². The van der Waals surface area contributed by atoms with Crippen molar-refractivity contribution in [1.29, 1.82) is 5.26 Å². The Morgan fingerprint density at radius 2 is 2.20 bits per heavy atom. The number of aryl methyl sites for hydroxylation is 1. The molecule has 0 aliphatic heterocycles. The number of hydrogen-bond acceptors (Lipinski definition) is 3. The Morgan fingerprint density at radius 1 is 1.53 bits per heavy atom. The van der Waals surface area contributed by atoms with Crippen LogP contribution in [0.2, 0.25) is 0 Å². The second-order valence-electron chi connectivity index (χ2n) is 3.88. The zero-order valence-electron chi connectivity index (χ0n) is 9.76. The standard InChI is InChI=1S/C12H17N3/c1-5-14-11-6-9(4)10(7-13)12(15-11)8(2)3/h6,8H,5H2,1-4H3,(H,14,15). The Bertz CT molecular complexity index is 389. The summed E-state index contributed by atoms with van der Waals surface area (Å²) in [5.41, 5.74) is 2.59. The van der Waals surface area contributed by atoms with E-state index in [1.165, 1.54) is 0 Å². The van der Waals surface area contributed by atoms with E-state index in [9.17, 15) is 0 Å². The lowest BCUT2D eigenvalue weighted by Crippen LogP contribution is -2.06. The normalized spacial score (nSPS) is 10.1. The molecule has 1 aromatic heterocycles. The highest BCUT2D eigenvalue weighted by Crippen LogP contribution is 2.22. The van der Waals surface area contributed by atoms with Crippen LogP contribution in [0, 0.1) is 18.3 Å². The Hall–Kier alpha value is -1.56. The van der Waals surface area contributed by atoms with Crippen LogP contribution in [0.1, 0.15) is 43.5 Å². The third-order valence-corrected chi connectivity index (χ3v) is 2.26. The molecule has 0 radical (unpaired) electrons. The van der Waals surface area contributed by atoms with Gasteiger partial charge in [-0.25, -0.2) is 4.98 Å². The van der Waals surface area contributed by atoms with Gasteiger partial charge < -0.3 is 5.32 Å². The van der Waals surface area contributed by atoms with Crippen LogP contribution in [0.4, 0.5) is 5.82 Å². The Kier molecular flexibility index (Phi) is 3.68. The van der Waals surface area contributed by atoms with Crippen molar-refractivity contribution in [2.45, 2.75) is 33.6 Å². The van der Waals surface area contributed by atoms with E-state index in [0.29, 0.717) is 5.56 Å². The van der Waals surface area contributed by atoms with E-state index >= 15 is 0 Å². The van der Waals surface area contributed by atoms with Gasteiger partial charge in [0.1, 0.15) is 11.9 Å². The number of aromatic nitrogens is 1. The Morgan fingerprint density at radius 3 is 2.67 bits per heavy atom. The van der Waals surface area contributed by atoms with E-state index in [0.717, 1.165) is 23.6 Å². The zero-order valence-corrected chi connectivity index (χ0v) is 9.76. The predicted octanol–water partition coefficient (Wildman–Crippen LogP) is 2.82. The minimum absolute atomic E-state index is 0.275. The van der Waals surface area contributed by atoms with Gasteiger partial charge in [-0.05, 0) is 31.4 Å². The Balaban J connectivity index is 3.27. The molecule has 3 heteroatoms. The molecular weight excluding hydrogens is 186 g/mol. The molecule has 1 heterocycles. The summed E-state index contributed by atoms with van der Waals surface area (Å²) in [7, 11) is 0. The van der Waals surface area contributed by atoms with Gasteiger partial charge in [0.2, 0.25) is 0 Å². The van der Waals surface area contributed by atoms with E-state index in [1.807, 2.05) is 19.9 Å². The molecule has 0 fully saturated rings. The summed E-state index contributed by atoms with van der Waals surface area (Å²) < 4.78 is 0. The minimum Gasteiger partial charge on any atom is -0.370 e. The summed E-state index contributed by atoms with van der Waals surface area (Å²) in [5, 5.41) is 12.2. The summed E-state index contributed by atoms with van der Waals surface area (Å²) in [6.07, 6.45) is 0. The van der Waals surface area contributed by atoms with Gasteiger partial charge >= 0.3 is 0 Å². The highest BCUT2D eigenvalue weighted by atomic mass is 15.0. The molecule has 1 rings (SSSR count). The Labute approximate surface area is 91.1 Å². The number of pyridine rings is 1. The monoisotopic (exact) mass is 203 g/mol. The smallest absolute Gasteiger partial charge is 0.126 e. The highest BCUT2D eigenvalue weighted by molar-refractivity contribution is 5.49. The largest absolute Gasteiger partial charge is 0.370 e. The van der Waals surface area contributed by atoms with Gasteiger partial charge in [0.15, 0.2) is 0 Å². The molecule has 0 aliphatic carbocycles. The van der Waals surface area contributed by atoms with E-state index in [1.54, 1.807) is 0 Å². The van der Waals surface area contributed by atoms with Crippen molar-refractivity contribution in [2.24, 2.45) is 0 Å². The second kappa shape index (κ2) is 4.79. The second-order valence-corrected chi connectivity index (χ2v) is 3.88. The molecule has 0 unspecified atom stereocenters. The number of anilines is 1. The molecule has 0 saturated heterocycles. The molecule has 0 atom stereocenters. The summed E-state index contributed by atoms with van der Waals surface area (Å²) in [5.74, 6) is 1.13. The first kappa shape index (κ1) is 11.5. The lowest BCUT2D eigenvalue weighted by molar-refractivity contribution is 0.816. The first-order chi connectivity index (χ1) is 7.10. The minimum atomic E-state index is 0.275. The van der Waals surface area contributed by atoms with Crippen molar-refractivity contribution in [3.63, 3.8) is 0 Å². The maximum Gasteiger partial charge on any atom is 0.126 e. The number of rotatable bonds is 3. The van der Waals surface area contributed by atoms with Crippen molar-refractivity contribution in [2.75, 3.05) is 11.9 Å². The first-order valence-electron chi connectivity index (χ1n) is 5.25. The number of nitriles is 1. The van der Waals surface area contributed by atoms with Crippen LogP contribution in [0.5, 0.6) is 0 Å². The van der Waals surface area contributed by atoms with Crippen molar-refractivity contribution >= 4 is 5.82 Å². The van der Waals surface area contributed by atoms with E-state index in [2.05, 4.69) is 30.2 Å². The molecule has 0 bridgehead atoms. The molecular formula is C12H17N3. The molecule has 3 nitrogen and oxygen atoms in total. The van der Waals surface area contributed by atoms with Crippen LogP contribution in [-0.2, 0) is 0 Å². The molecule has 0 aliphatic rings. The number of hydrogen-bond donors (Lipinski definition) is 1. The summed E-state index contributed by atoms with van der Waals surface area (Å²) in [6.45, 7) is 8.93. The van der Waals surface area contributed by atoms with Crippen molar-refractivity contribution in [3.05, 3.63) is 22.9 Å². The molecule has 1 N–H and O–H groups in total. The number of nitrogens with one attached hydrogen (secondary N) is 1. The molecule has 0 aromatic carbocycles. The van der Waals surface area contributed by atoms with Crippen LogP contribution >= 0.6 is 0 Å². The third kappa shape index (κ3) is 2.47. The van der Waals surface area contributed by atoms with Crippen LogP contribution in [0.25, 0.3) is 0 Å². The third-order valence-electron chi connectivity index (χ3n) is 2.26. The average Bonchev–Trinajstić information content (AvgIpc) is 2.17. The fraction of sp³-hybridized carbons (Fsp3) is 0.500. The summed E-state index contributed by atoms with van der Waals surface area (Å²) in [6, 6.07) is 4.15. The van der Waals surface area contributed by atoms with E-state index in [4.69, 9.17) is 5.26 Å². The van der Waals surface area contributed by atoms with E-state index in [-0.39, 0.29) is 5.92 Å². The molecule has 0 spiro atoms. The van der Waals surface area contributed by atoms with E-state index < -0.39 is 0 Å². The van der Waals surface area contributed by atoms with Gasteiger partial charge in [0, 0.05) is 6.54 Å². The van der Waals surface area contributed by atoms with Crippen molar-refractivity contribution in [3.8, 4) is 6.07 Å². The van der Waals surface area contributed by atoms with Gasteiger partial charge in [0.25, 0.3) is 0 Å². The first-order valence-corrected chi connectivity index (χ1v) is 5.25. The van der Waals surface area contributed by atoms with Gasteiger partial charge in [-0.2, -0.15) is 5.26 Å². The zero-order chi connectivity index (χ0) is 11.4. The highest BCUT2D eigenvalue weighted by Gasteiger charge is 2.12. The quantitative estimate of drug-likeness (QED) is 0.821. The van der Waals surface area contributed by atoms with Gasteiger partial charge in [-0.1, -0.05) is 13.8 Å². The van der Waals surface area contributed by atoms with Crippen LogP contribution in [-0.4, -0.2) is 11.5 Å². The summed E-state index contributed by atoms with van der Waals surface area (Å²) in [4.78, 5) is 4.46. The van der Waals surface area contributed by atoms with Crippen molar-refractivity contribution in [1.82, 2.24) is 4.98 Å². The van der Waals surface area contributed by atoms with Gasteiger partial charge in [0.05, 0.1) is 11.3 Å². The fourth-order valence-corrected chi connectivity index (χ4v) is 1.53. The average molecular weight is 203 g/mol. The van der Waals surface area contributed by atoms with Crippen LogP contribution < -0.4 is 5.32 Å². The SMILES string of the molecule is CCNc1cc(C)c(C#N)c(C(C)C)n1. The van der Waals surface area contributed by atoms with Gasteiger partial charge in [-0.3, -0.25) is 0 Å². The van der Waals surface area contributed by atoms with Gasteiger partial charge in [-0.15, -0.1) is 0 Å². The van der Waals surface area contributed by atoms with Crippen LogP contribution in [0.3, 0.4) is 0 Å². The summed E-state index contributed by atoms with van der Waals surface area (Å²) >= 11 is 0. The maximum atomic E-state index is 9.06. The number of nitrogens with zero attached hydrogens (tertiary/aromatic N) is 2. The predicted molar refractivity (Wildman–Crippen MR) is 61.9 cm³/mol. The molecule has 0 amide bonds. The molecule has 1 aromatic rings. The van der Waals surface area contributed by atoms with Crippen LogP contribution in [0.15, 0.2) is 6.07 Å². The molecule has 0 saturated carbocycles. The fourth-order valence-electron chi connectivity index (χ4n) is 1.53. The maximum absolute atomic E-state index is 9.06.